The topological polar surface area (TPSA) is 87.7 Å². The zero-order valence-corrected chi connectivity index (χ0v) is 17.6. The van der Waals surface area contributed by atoms with E-state index in [4.69, 9.17) is 4.74 Å². The zero-order chi connectivity index (χ0) is 20.9. The van der Waals surface area contributed by atoms with Gasteiger partial charge in [-0.15, -0.1) is 0 Å². The average Bonchev–Trinajstić information content (AvgIpc) is 2.68. The predicted molar refractivity (Wildman–Crippen MR) is 113 cm³/mol. The molecule has 2 aromatic rings. The van der Waals surface area contributed by atoms with E-state index in [0.717, 1.165) is 50.2 Å². The van der Waals surface area contributed by atoms with E-state index in [1.54, 1.807) is 25.1 Å². The fourth-order valence-corrected chi connectivity index (χ4v) is 3.83. The normalized spacial score (nSPS) is 15.1. The van der Waals surface area contributed by atoms with Crippen molar-refractivity contribution in [3.05, 3.63) is 64.7 Å². The molecule has 0 spiro atoms. The summed E-state index contributed by atoms with van der Waals surface area (Å²) in [4.78, 5) is 14.9. The molecule has 1 saturated heterocycles. The number of ether oxygens (including phenoxy) is 1. The minimum atomic E-state index is -3.41. The average molecular weight is 418 g/mol. The number of rotatable bonds is 7. The number of carbonyl (C=O) groups is 1. The summed E-state index contributed by atoms with van der Waals surface area (Å²) in [6, 6.07) is 13.1. The van der Waals surface area contributed by atoms with Crippen molar-refractivity contribution >= 4 is 21.6 Å². The van der Waals surface area contributed by atoms with E-state index in [1.165, 1.54) is 5.56 Å². The van der Waals surface area contributed by atoms with Gasteiger partial charge in [0.2, 0.25) is 10.0 Å². The van der Waals surface area contributed by atoms with Gasteiger partial charge in [0.15, 0.2) is 0 Å². The van der Waals surface area contributed by atoms with Crippen LogP contribution in [0.15, 0.2) is 42.5 Å². The first kappa shape index (κ1) is 21.3. The molecule has 1 aliphatic heterocycles. The van der Waals surface area contributed by atoms with Gasteiger partial charge < -0.3 is 10.1 Å². The van der Waals surface area contributed by atoms with Gasteiger partial charge in [0.1, 0.15) is 0 Å². The van der Waals surface area contributed by atoms with Crippen molar-refractivity contribution in [1.82, 2.24) is 10.2 Å². The fraction of sp³-hybridized carbons (Fsp3) is 0.381. The summed E-state index contributed by atoms with van der Waals surface area (Å²) < 4.78 is 30.8. The zero-order valence-electron chi connectivity index (χ0n) is 16.8. The van der Waals surface area contributed by atoms with Crippen molar-refractivity contribution in [3.63, 3.8) is 0 Å². The van der Waals surface area contributed by atoms with Gasteiger partial charge in [0.25, 0.3) is 5.91 Å². The third-order valence-corrected chi connectivity index (χ3v) is 5.34. The van der Waals surface area contributed by atoms with Crippen LogP contribution in [-0.2, 0) is 27.8 Å². The Hall–Kier alpha value is -2.42. The lowest BCUT2D eigenvalue weighted by molar-refractivity contribution is 0.0342. The molecular formula is C21H27N3O4S. The van der Waals surface area contributed by atoms with Crippen LogP contribution < -0.4 is 10.0 Å². The van der Waals surface area contributed by atoms with E-state index in [2.05, 4.69) is 27.1 Å². The highest BCUT2D eigenvalue weighted by Crippen LogP contribution is 2.18. The van der Waals surface area contributed by atoms with Gasteiger partial charge >= 0.3 is 0 Å². The molecule has 7 nitrogen and oxygen atoms in total. The minimum Gasteiger partial charge on any atom is -0.379 e. The third kappa shape index (κ3) is 6.56. The van der Waals surface area contributed by atoms with E-state index in [-0.39, 0.29) is 5.91 Å². The van der Waals surface area contributed by atoms with Crippen molar-refractivity contribution in [2.24, 2.45) is 0 Å². The summed E-state index contributed by atoms with van der Waals surface area (Å²) in [5.74, 6) is -0.250. The minimum absolute atomic E-state index is 0.250. The SMILES string of the molecule is Cc1ccc(C(=O)NCc2cccc(CN3CCOCC3)c2)cc1NS(C)(=O)=O. The van der Waals surface area contributed by atoms with E-state index < -0.39 is 10.0 Å². The molecule has 1 aliphatic rings. The number of carbonyl (C=O) groups excluding carboxylic acids is 1. The van der Waals surface area contributed by atoms with Crippen molar-refractivity contribution in [3.8, 4) is 0 Å². The third-order valence-electron chi connectivity index (χ3n) is 4.75. The Bertz CT molecular complexity index is 970. The highest BCUT2D eigenvalue weighted by atomic mass is 32.2. The Labute approximate surface area is 172 Å². The van der Waals surface area contributed by atoms with Crippen molar-refractivity contribution in [2.75, 3.05) is 37.3 Å². The lowest BCUT2D eigenvalue weighted by Crippen LogP contribution is -2.35. The molecular weight excluding hydrogens is 390 g/mol. The van der Waals surface area contributed by atoms with Gasteiger partial charge in [-0.2, -0.15) is 0 Å². The smallest absolute Gasteiger partial charge is 0.251 e. The standard InChI is InChI=1S/C21H27N3O4S/c1-16-6-7-19(13-20(16)23-29(2,26)27)21(25)22-14-17-4-3-5-18(12-17)15-24-8-10-28-11-9-24/h3-7,12-13,23H,8-11,14-15H2,1-2H3,(H,22,25). The largest absolute Gasteiger partial charge is 0.379 e. The fourth-order valence-electron chi connectivity index (χ4n) is 3.21. The highest BCUT2D eigenvalue weighted by Gasteiger charge is 2.12. The summed E-state index contributed by atoms with van der Waals surface area (Å²) in [5, 5.41) is 2.91. The summed E-state index contributed by atoms with van der Waals surface area (Å²) in [5.41, 5.74) is 3.79. The molecule has 0 atom stereocenters. The molecule has 1 heterocycles. The first-order chi connectivity index (χ1) is 13.8. The van der Waals surface area contributed by atoms with Crippen LogP contribution in [0.25, 0.3) is 0 Å². The van der Waals surface area contributed by atoms with E-state index in [0.29, 0.717) is 17.8 Å². The number of benzene rings is 2. The summed E-state index contributed by atoms with van der Waals surface area (Å²) in [6.07, 6.45) is 1.09. The number of morpholine rings is 1. The Morgan fingerprint density at radius 3 is 2.55 bits per heavy atom. The predicted octanol–water partition coefficient (Wildman–Crippen LogP) is 2.13. The number of amides is 1. The van der Waals surface area contributed by atoms with Crippen LogP contribution in [0.1, 0.15) is 27.0 Å². The number of sulfonamides is 1. The molecule has 8 heteroatoms. The molecule has 0 saturated carbocycles. The molecule has 0 bridgehead atoms. The molecule has 1 amide bonds. The van der Waals surface area contributed by atoms with Gasteiger partial charge in [-0.25, -0.2) is 8.42 Å². The molecule has 0 aliphatic carbocycles. The van der Waals surface area contributed by atoms with Gasteiger partial charge in [-0.1, -0.05) is 30.3 Å². The van der Waals surface area contributed by atoms with Crippen LogP contribution in [0.3, 0.4) is 0 Å². The summed E-state index contributed by atoms with van der Waals surface area (Å²) in [6.45, 7) is 6.44. The second-order valence-corrected chi connectivity index (χ2v) is 9.04. The number of nitrogens with one attached hydrogen (secondary N) is 2. The number of hydrogen-bond acceptors (Lipinski definition) is 5. The molecule has 0 radical (unpaired) electrons. The Morgan fingerprint density at radius 2 is 1.83 bits per heavy atom. The Balaban J connectivity index is 1.62. The van der Waals surface area contributed by atoms with Crippen molar-refractivity contribution in [1.29, 1.82) is 0 Å². The number of nitrogens with zero attached hydrogens (tertiary/aromatic N) is 1. The summed E-state index contributed by atoms with van der Waals surface area (Å²) >= 11 is 0. The number of anilines is 1. The molecule has 2 N–H and O–H groups in total. The molecule has 1 fully saturated rings. The first-order valence-corrected chi connectivity index (χ1v) is 11.4. The molecule has 29 heavy (non-hydrogen) atoms. The van der Waals surface area contributed by atoms with Crippen LogP contribution >= 0.6 is 0 Å². The van der Waals surface area contributed by atoms with Gasteiger partial charge in [0, 0.05) is 31.7 Å². The van der Waals surface area contributed by atoms with Crippen LogP contribution in [0, 0.1) is 6.92 Å². The monoisotopic (exact) mass is 417 g/mol. The maximum absolute atomic E-state index is 12.5. The number of aryl methyl sites for hydroxylation is 1. The van der Waals surface area contributed by atoms with E-state index in [1.807, 2.05) is 12.1 Å². The molecule has 3 rings (SSSR count). The van der Waals surface area contributed by atoms with E-state index in [9.17, 15) is 13.2 Å². The second-order valence-electron chi connectivity index (χ2n) is 7.30. The quantitative estimate of drug-likeness (QED) is 0.721. The Morgan fingerprint density at radius 1 is 1.10 bits per heavy atom. The van der Waals surface area contributed by atoms with Gasteiger partial charge in [-0.3, -0.25) is 14.4 Å². The number of hydrogen-bond donors (Lipinski definition) is 2. The Kier molecular flexibility index (Phi) is 6.89. The molecule has 156 valence electrons. The van der Waals surface area contributed by atoms with Crippen LogP contribution in [0.2, 0.25) is 0 Å². The lowest BCUT2D eigenvalue weighted by Gasteiger charge is -2.26. The summed E-state index contributed by atoms with van der Waals surface area (Å²) in [7, 11) is -3.41. The maximum Gasteiger partial charge on any atom is 0.251 e. The second kappa shape index (κ2) is 9.39. The van der Waals surface area contributed by atoms with Crippen molar-refractivity contribution in [2.45, 2.75) is 20.0 Å². The van der Waals surface area contributed by atoms with Crippen LogP contribution in [0.4, 0.5) is 5.69 Å². The highest BCUT2D eigenvalue weighted by molar-refractivity contribution is 7.92. The van der Waals surface area contributed by atoms with Gasteiger partial charge in [0.05, 0.1) is 25.2 Å². The lowest BCUT2D eigenvalue weighted by atomic mass is 10.1. The van der Waals surface area contributed by atoms with Crippen molar-refractivity contribution < 1.29 is 17.9 Å². The van der Waals surface area contributed by atoms with Gasteiger partial charge in [-0.05, 0) is 35.7 Å². The first-order valence-electron chi connectivity index (χ1n) is 9.55. The van der Waals surface area contributed by atoms with Crippen LogP contribution in [0.5, 0.6) is 0 Å². The van der Waals surface area contributed by atoms with Crippen LogP contribution in [-0.4, -0.2) is 51.8 Å². The molecule has 0 aromatic heterocycles. The maximum atomic E-state index is 12.5. The molecule has 2 aromatic carbocycles. The van der Waals surface area contributed by atoms with E-state index >= 15 is 0 Å². The molecule has 0 unspecified atom stereocenters.